The summed E-state index contributed by atoms with van der Waals surface area (Å²) in [6, 6.07) is 19.9. The number of hydrogen-bond donors (Lipinski definition) is 2. The molecular weight excluding hydrogens is 639 g/mol. The molecule has 0 atom stereocenters. The van der Waals surface area contributed by atoms with Crippen molar-refractivity contribution in [2.75, 3.05) is 40.6 Å². The summed E-state index contributed by atoms with van der Waals surface area (Å²) in [5.41, 5.74) is 4.19. The van der Waals surface area contributed by atoms with Crippen LogP contribution in [0.25, 0.3) is 24.3 Å². The summed E-state index contributed by atoms with van der Waals surface area (Å²) >= 11 is 0. The Morgan fingerprint density at radius 2 is 0.894 bits per heavy atom. The van der Waals surface area contributed by atoms with E-state index in [0.29, 0.717) is 37.8 Å². The van der Waals surface area contributed by atoms with E-state index in [2.05, 4.69) is 0 Å². The van der Waals surface area contributed by atoms with Gasteiger partial charge in [-0.2, -0.15) is 0 Å². The maximum absolute atomic E-state index is 9.06. The van der Waals surface area contributed by atoms with Crippen LogP contribution < -0.4 is 52.9 Å². The van der Waals surface area contributed by atoms with Crippen LogP contribution in [0.5, 0.6) is 23.0 Å². The van der Waals surface area contributed by atoms with E-state index in [1.807, 2.05) is 119 Å². The fourth-order valence-corrected chi connectivity index (χ4v) is 4.63. The Bertz CT molecular complexity index is 1410. The summed E-state index contributed by atoms with van der Waals surface area (Å²) in [7, 11) is 3.30. The van der Waals surface area contributed by atoms with Crippen molar-refractivity contribution in [3.63, 3.8) is 0 Å². The number of nitrogens with zero attached hydrogens (tertiary/aromatic N) is 2. The van der Waals surface area contributed by atoms with Crippen LogP contribution in [-0.2, 0) is 13.1 Å². The number of hydrogen-bond acceptors (Lipinski definition) is 6. The maximum atomic E-state index is 9.06. The van der Waals surface area contributed by atoms with Crippen LogP contribution in [-0.4, -0.2) is 50.9 Å². The molecule has 2 aromatic carbocycles. The summed E-state index contributed by atoms with van der Waals surface area (Å²) < 4.78 is 27.1. The molecule has 0 saturated heterocycles. The molecule has 0 aliphatic rings. The number of benzene rings is 2. The lowest BCUT2D eigenvalue weighted by atomic mass is 10.1. The van der Waals surface area contributed by atoms with E-state index in [1.165, 1.54) is 0 Å². The second-order valence-electron chi connectivity index (χ2n) is 10.4. The first-order valence-electron chi connectivity index (χ1n) is 15.3. The molecular formula is C37H44Cl2N2O6. The number of halogens is 2. The van der Waals surface area contributed by atoms with Crippen LogP contribution in [0.15, 0.2) is 85.5 Å². The number of aromatic nitrogens is 2. The Morgan fingerprint density at radius 1 is 0.511 bits per heavy atom. The molecule has 0 amide bonds. The smallest absolute Gasteiger partial charge is 0.171 e. The number of methoxy groups -OCH3 is 2. The van der Waals surface area contributed by atoms with Crippen LogP contribution >= 0.6 is 0 Å². The SMILES string of the molecule is COc1cc(/C=C/c2cc[n+](CCO)cc2)ccc1OCCCCCOc1ccc(/C=C/c2cc[n+](CCO)cc2)cc1OC.[Cl-].[Cl-]. The fraction of sp³-hybridized carbons (Fsp3) is 0.297. The van der Waals surface area contributed by atoms with Gasteiger partial charge in [0, 0.05) is 24.3 Å². The van der Waals surface area contributed by atoms with Gasteiger partial charge in [0.1, 0.15) is 13.2 Å². The Kier molecular flexibility index (Phi) is 18.0. The number of rotatable bonds is 18. The summed E-state index contributed by atoms with van der Waals surface area (Å²) in [4.78, 5) is 0. The first-order valence-corrected chi connectivity index (χ1v) is 15.3. The molecule has 0 aliphatic carbocycles. The van der Waals surface area contributed by atoms with Gasteiger partial charge in [0.2, 0.25) is 0 Å². The van der Waals surface area contributed by atoms with Crippen LogP contribution in [0.3, 0.4) is 0 Å². The van der Waals surface area contributed by atoms with E-state index in [9.17, 15) is 0 Å². The van der Waals surface area contributed by atoms with Gasteiger partial charge in [0.05, 0.1) is 27.4 Å². The third-order valence-corrected chi connectivity index (χ3v) is 7.17. The zero-order valence-corrected chi connectivity index (χ0v) is 28.4. The molecule has 0 spiro atoms. The molecule has 4 rings (SSSR count). The lowest BCUT2D eigenvalue weighted by Crippen LogP contribution is -3.00. The number of unbranched alkanes of at least 4 members (excludes halogenated alkanes) is 2. The zero-order chi connectivity index (χ0) is 31.7. The van der Waals surface area contributed by atoms with Crippen molar-refractivity contribution >= 4 is 24.3 Å². The Morgan fingerprint density at radius 3 is 1.26 bits per heavy atom. The minimum Gasteiger partial charge on any atom is -1.00 e. The first-order chi connectivity index (χ1) is 22.1. The molecule has 0 unspecified atom stereocenters. The summed E-state index contributed by atoms with van der Waals surface area (Å²) in [6.07, 6.45) is 18.8. The normalized spacial score (nSPS) is 10.8. The molecule has 2 N–H and O–H groups in total. The van der Waals surface area contributed by atoms with Crippen LogP contribution in [0.1, 0.15) is 41.5 Å². The van der Waals surface area contributed by atoms with E-state index in [-0.39, 0.29) is 38.0 Å². The van der Waals surface area contributed by atoms with Gasteiger partial charge < -0.3 is 54.0 Å². The van der Waals surface area contributed by atoms with Gasteiger partial charge in [0.15, 0.2) is 60.9 Å². The molecule has 2 heterocycles. The predicted molar refractivity (Wildman–Crippen MR) is 176 cm³/mol. The second kappa shape index (κ2) is 21.7. The first kappa shape index (κ1) is 39.1. The molecule has 2 aromatic heterocycles. The topological polar surface area (TPSA) is 85.1 Å². The van der Waals surface area contributed by atoms with Crippen LogP contribution in [0, 0.1) is 0 Å². The highest BCUT2D eigenvalue weighted by atomic mass is 35.5. The van der Waals surface area contributed by atoms with E-state index in [1.54, 1.807) is 14.2 Å². The summed E-state index contributed by atoms with van der Waals surface area (Å²) in [5, 5.41) is 18.1. The quantitative estimate of drug-likeness (QED) is 0.106. The highest BCUT2D eigenvalue weighted by molar-refractivity contribution is 5.71. The average Bonchev–Trinajstić information content (AvgIpc) is 3.08. The Balaban J connectivity index is 0.00000384. The van der Waals surface area contributed by atoms with Crippen LogP contribution in [0.4, 0.5) is 0 Å². The predicted octanol–water partition coefficient (Wildman–Crippen LogP) is -0.760. The van der Waals surface area contributed by atoms with Crippen molar-refractivity contribution in [2.24, 2.45) is 0 Å². The molecule has 0 fully saturated rings. The van der Waals surface area contributed by atoms with Gasteiger partial charge in [-0.1, -0.05) is 36.4 Å². The van der Waals surface area contributed by atoms with Crippen molar-refractivity contribution in [1.82, 2.24) is 0 Å². The maximum Gasteiger partial charge on any atom is 0.171 e. The minimum absolute atomic E-state index is 0. The van der Waals surface area contributed by atoms with E-state index in [4.69, 9.17) is 29.2 Å². The zero-order valence-electron chi connectivity index (χ0n) is 26.9. The Labute approximate surface area is 290 Å². The monoisotopic (exact) mass is 682 g/mol. The number of aliphatic hydroxyl groups is 2. The van der Waals surface area contributed by atoms with Crippen molar-refractivity contribution in [3.05, 3.63) is 108 Å². The van der Waals surface area contributed by atoms with Gasteiger partial charge in [-0.3, -0.25) is 0 Å². The van der Waals surface area contributed by atoms with E-state index >= 15 is 0 Å². The van der Waals surface area contributed by atoms with Crippen molar-refractivity contribution < 1.29 is 63.1 Å². The summed E-state index contributed by atoms with van der Waals surface area (Å²) in [5.74, 6) is 2.86. The van der Waals surface area contributed by atoms with Crippen LogP contribution in [0.2, 0.25) is 0 Å². The minimum atomic E-state index is 0. The number of aliphatic hydroxyl groups excluding tert-OH is 2. The third-order valence-electron chi connectivity index (χ3n) is 7.17. The highest BCUT2D eigenvalue weighted by Gasteiger charge is 2.07. The molecule has 10 heteroatoms. The lowest BCUT2D eigenvalue weighted by molar-refractivity contribution is -0.698. The molecule has 0 aliphatic heterocycles. The average molecular weight is 684 g/mol. The number of pyridine rings is 2. The third kappa shape index (κ3) is 12.9. The second-order valence-corrected chi connectivity index (χ2v) is 10.4. The molecule has 8 nitrogen and oxygen atoms in total. The molecule has 0 saturated carbocycles. The van der Waals surface area contributed by atoms with E-state index in [0.717, 1.165) is 53.0 Å². The molecule has 0 bridgehead atoms. The largest absolute Gasteiger partial charge is 1.00 e. The van der Waals surface area contributed by atoms with Gasteiger partial charge in [-0.05, 0) is 65.8 Å². The highest BCUT2D eigenvalue weighted by Crippen LogP contribution is 2.30. The van der Waals surface area contributed by atoms with Crippen molar-refractivity contribution in [3.8, 4) is 23.0 Å². The number of ether oxygens (including phenoxy) is 4. The molecule has 0 radical (unpaired) electrons. The van der Waals surface area contributed by atoms with Gasteiger partial charge in [-0.15, -0.1) is 0 Å². The van der Waals surface area contributed by atoms with Gasteiger partial charge in [0.25, 0.3) is 0 Å². The standard InChI is InChI=1S/C37H44N2O6.2ClH/c1-42-36-28-32(8-6-30-14-18-38(19-15-30)22-24-40)10-12-34(36)44-26-4-3-5-27-45-35-13-11-33(29-37(35)43-2)9-7-31-16-20-39(21-17-31)23-25-41;;/h6-21,28-29,40-41H,3-5,22-27H2,1-2H3;2*1H/q+2;;/p-2/b8-6+,9-7+;;. The fourth-order valence-electron chi connectivity index (χ4n) is 4.63. The van der Waals surface area contributed by atoms with Gasteiger partial charge >= 0.3 is 0 Å². The molecule has 4 aromatic rings. The summed E-state index contributed by atoms with van der Waals surface area (Å²) in [6.45, 7) is 2.61. The Hall–Kier alpha value is -4.08. The van der Waals surface area contributed by atoms with Crippen molar-refractivity contribution in [2.45, 2.75) is 32.4 Å². The molecule has 47 heavy (non-hydrogen) atoms. The van der Waals surface area contributed by atoms with E-state index < -0.39 is 0 Å². The van der Waals surface area contributed by atoms with Crippen molar-refractivity contribution in [1.29, 1.82) is 0 Å². The lowest BCUT2D eigenvalue weighted by Gasteiger charge is -2.12. The van der Waals surface area contributed by atoms with Gasteiger partial charge in [-0.25, -0.2) is 9.13 Å². The molecule has 252 valence electrons.